The molecule has 5 nitrogen and oxygen atoms in total. The van der Waals surface area contributed by atoms with Gasteiger partial charge < -0.3 is 0 Å². The number of aromatic amines is 1. The highest BCUT2D eigenvalue weighted by molar-refractivity contribution is 9.10. The monoisotopic (exact) mass is 444 g/mol. The number of hydrogen-bond acceptors (Lipinski definition) is 4. The Labute approximate surface area is 166 Å². The van der Waals surface area contributed by atoms with Crippen LogP contribution in [0, 0.1) is 12.7 Å². The Bertz CT molecular complexity index is 1170. The molecule has 0 saturated carbocycles. The molecule has 4 aromatic rings. The van der Waals surface area contributed by atoms with Crippen LogP contribution in [0.25, 0.3) is 16.8 Å². The van der Waals surface area contributed by atoms with E-state index in [1.807, 2.05) is 24.3 Å². The minimum Gasteiger partial charge on any atom is -0.285 e. The number of H-pyrrole nitrogens is 1. The molecule has 1 N–H and O–H groups in total. The molecule has 0 unspecified atom stereocenters. The van der Waals surface area contributed by atoms with Crippen molar-refractivity contribution >= 4 is 33.3 Å². The largest absolute Gasteiger partial charge is 0.350 e. The summed E-state index contributed by atoms with van der Waals surface area (Å²) < 4.78 is 15.5. The summed E-state index contributed by atoms with van der Waals surface area (Å²) in [5, 5.41) is 4.80. The van der Waals surface area contributed by atoms with Crippen molar-refractivity contribution < 1.29 is 4.39 Å². The van der Waals surface area contributed by atoms with Crippen molar-refractivity contribution in [3.63, 3.8) is 0 Å². The van der Waals surface area contributed by atoms with E-state index in [1.54, 1.807) is 19.1 Å². The summed E-state index contributed by atoms with van der Waals surface area (Å²) in [5.74, 6) is 0.357. The molecule has 0 aliphatic carbocycles. The Kier molecular flexibility index (Phi) is 4.84. The van der Waals surface area contributed by atoms with Gasteiger partial charge in [0.25, 0.3) is 0 Å². The zero-order chi connectivity index (χ0) is 19.0. The summed E-state index contributed by atoms with van der Waals surface area (Å²) in [6.07, 6.45) is 0. The van der Waals surface area contributed by atoms with E-state index in [1.165, 1.54) is 28.4 Å². The predicted octanol–water partition coefficient (Wildman–Crippen LogP) is 4.59. The molecule has 2 heterocycles. The maximum absolute atomic E-state index is 13.3. The van der Waals surface area contributed by atoms with Crippen LogP contribution in [0.15, 0.2) is 63.0 Å². The molecule has 0 spiro atoms. The zero-order valence-corrected chi connectivity index (χ0v) is 16.6. The second-order valence-corrected chi connectivity index (χ2v) is 7.84. The van der Waals surface area contributed by atoms with Gasteiger partial charge in [-0.25, -0.2) is 14.2 Å². The Morgan fingerprint density at radius 2 is 1.85 bits per heavy atom. The van der Waals surface area contributed by atoms with Crippen molar-refractivity contribution in [3.8, 4) is 11.1 Å². The second kappa shape index (κ2) is 7.28. The Hall–Kier alpha value is -2.45. The molecule has 0 atom stereocenters. The van der Waals surface area contributed by atoms with Crippen LogP contribution in [-0.2, 0) is 5.75 Å². The van der Waals surface area contributed by atoms with Gasteiger partial charge in [-0.05, 0) is 42.3 Å². The van der Waals surface area contributed by atoms with Crippen LogP contribution in [0.5, 0.6) is 0 Å². The Balaban J connectivity index is 1.73. The fraction of sp³-hybridized carbons (Fsp3) is 0.105. The average molecular weight is 445 g/mol. The van der Waals surface area contributed by atoms with Gasteiger partial charge in [-0.15, -0.1) is 0 Å². The van der Waals surface area contributed by atoms with Crippen molar-refractivity contribution in [1.82, 2.24) is 19.6 Å². The smallest absolute Gasteiger partial charge is 0.285 e. The van der Waals surface area contributed by atoms with Crippen LogP contribution >= 0.6 is 27.7 Å². The molecule has 0 radical (unpaired) electrons. The summed E-state index contributed by atoms with van der Waals surface area (Å²) in [6.45, 7) is 1.81. The van der Waals surface area contributed by atoms with Crippen molar-refractivity contribution in [3.05, 3.63) is 80.6 Å². The van der Waals surface area contributed by atoms with Gasteiger partial charge in [0.15, 0.2) is 10.8 Å². The minimum absolute atomic E-state index is 0.315. The SMILES string of the molecule is Cc1nn2c(=O)[nH]c(SCc3ccc(Br)cc3)nc2c1-c1ccc(F)cc1. The van der Waals surface area contributed by atoms with E-state index in [0.717, 1.165) is 21.2 Å². The van der Waals surface area contributed by atoms with Gasteiger partial charge in [0.1, 0.15) is 5.82 Å². The zero-order valence-electron chi connectivity index (χ0n) is 14.2. The van der Waals surface area contributed by atoms with Gasteiger partial charge in [0, 0.05) is 15.8 Å². The lowest BCUT2D eigenvalue weighted by Crippen LogP contribution is -2.19. The maximum atomic E-state index is 13.3. The first-order valence-corrected chi connectivity index (χ1v) is 9.92. The van der Waals surface area contributed by atoms with Crippen LogP contribution in [0.3, 0.4) is 0 Å². The van der Waals surface area contributed by atoms with Crippen molar-refractivity contribution in [2.75, 3.05) is 0 Å². The lowest BCUT2D eigenvalue weighted by molar-refractivity contribution is 0.628. The van der Waals surface area contributed by atoms with Crippen LogP contribution in [0.2, 0.25) is 0 Å². The number of rotatable bonds is 4. The van der Waals surface area contributed by atoms with Crippen molar-refractivity contribution in [2.24, 2.45) is 0 Å². The van der Waals surface area contributed by atoms with Crippen LogP contribution in [0.1, 0.15) is 11.3 Å². The summed E-state index contributed by atoms with van der Waals surface area (Å²) in [4.78, 5) is 19.8. The first kappa shape index (κ1) is 17.9. The summed E-state index contributed by atoms with van der Waals surface area (Å²) in [5.41, 5.74) is 3.39. The third kappa shape index (κ3) is 3.68. The normalized spacial score (nSPS) is 11.2. The van der Waals surface area contributed by atoms with E-state index in [2.05, 4.69) is 31.0 Å². The standard InChI is InChI=1S/C19H14BrFN4OS/c1-11-16(13-4-8-15(21)9-5-13)17-22-18(23-19(26)25(17)24-11)27-10-12-2-6-14(20)7-3-12/h2-9H,10H2,1H3,(H,22,23,26). The third-order valence-corrected chi connectivity index (χ3v) is 5.54. The molecule has 8 heteroatoms. The fourth-order valence-corrected chi connectivity index (χ4v) is 3.85. The van der Waals surface area contributed by atoms with Crippen LogP contribution < -0.4 is 5.69 Å². The molecule has 2 aromatic carbocycles. The molecule has 27 heavy (non-hydrogen) atoms. The van der Waals surface area contributed by atoms with E-state index in [9.17, 15) is 9.18 Å². The lowest BCUT2D eigenvalue weighted by atomic mass is 10.1. The quantitative estimate of drug-likeness (QED) is 0.467. The number of thioether (sulfide) groups is 1. The Morgan fingerprint density at radius 1 is 1.15 bits per heavy atom. The van der Waals surface area contributed by atoms with E-state index in [0.29, 0.717) is 22.3 Å². The molecule has 2 aromatic heterocycles. The van der Waals surface area contributed by atoms with Gasteiger partial charge in [-0.2, -0.15) is 9.61 Å². The van der Waals surface area contributed by atoms with Crippen molar-refractivity contribution in [1.29, 1.82) is 0 Å². The topological polar surface area (TPSA) is 63.1 Å². The van der Waals surface area contributed by atoms with E-state index in [-0.39, 0.29) is 11.5 Å². The first-order chi connectivity index (χ1) is 13.0. The summed E-state index contributed by atoms with van der Waals surface area (Å²) >= 11 is 4.86. The number of hydrogen-bond donors (Lipinski definition) is 1. The number of aromatic nitrogens is 4. The maximum Gasteiger partial charge on any atom is 0.350 e. The summed E-state index contributed by atoms with van der Waals surface area (Å²) in [7, 11) is 0. The van der Waals surface area contributed by atoms with E-state index >= 15 is 0 Å². The van der Waals surface area contributed by atoms with Gasteiger partial charge >= 0.3 is 5.69 Å². The van der Waals surface area contributed by atoms with Crippen LogP contribution in [-0.4, -0.2) is 19.6 Å². The fourth-order valence-electron chi connectivity index (χ4n) is 2.78. The third-order valence-electron chi connectivity index (χ3n) is 4.07. The average Bonchev–Trinajstić information content (AvgIpc) is 2.99. The molecule has 4 rings (SSSR count). The molecule has 136 valence electrons. The molecule has 0 saturated heterocycles. The number of benzene rings is 2. The predicted molar refractivity (Wildman–Crippen MR) is 107 cm³/mol. The highest BCUT2D eigenvalue weighted by Gasteiger charge is 2.16. The second-order valence-electron chi connectivity index (χ2n) is 5.96. The molecular formula is C19H14BrFN4OS. The van der Waals surface area contributed by atoms with Crippen molar-refractivity contribution in [2.45, 2.75) is 17.8 Å². The molecular weight excluding hydrogens is 431 g/mol. The van der Waals surface area contributed by atoms with Gasteiger partial charge in [-0.3, -0.25) is 4.98 Å². The minimum atomic E-state index is -0.352. The van der Waals surface area contributed by atoms with E-state index < -0.39 is 0 Å². The molecule has 0 fully saturated rings. The first-order valence-electron chi connectivity index (χ1n) is 8.14. The number of halogens is 2. The van der Waals surface area contributed by atoms with E-state index in [4.69, 9.17) is 0 Å². The Morgan fingerprint density at radius 3 is 2.56 bits per heavy atom. The molecule has 0 bridgehead atoms. The van der Waals surface area contributed by atoms with Gasteiger partial charge in [0.05, 0.1) is 5.69 Å². The molecule has 0 aliphatic heterocycles. The number of fused-ring (bicyclic) bond motifs is 1. The number of aryl methyl sites for hydroxylation is 1. The number of nitrogens with one attached hydrogen (secondary N) is 1. The van der Waals surface area contributed by atoms with Crippen LogP contribution in [0.4, 0.5) is 4.39 Å². The van der Waals surface area contributed by atoms with Gasteiger partial charge in [-0.1, -0.05) is 52.0 Å². The summed E-state index contributed by atoms with van der Waals surface area (Å²) in [6, 6.07) is 14.1. The van der Waals surface area contributed by atoms with Gasteiger partial charge in [0.2, 0.25) is 0 Å². The highest BCUT2D eigenvalue weighted by Crippen LogP contribution is 2.28. The number of nitrogens with zero attached hydrogens (tertiary/aromatic N) is 3. The lowest BCUT2D eigenvalue weighted by Gasteiger charge is -2.04. The highest BCUT2D eigenvalue weighted by atomic mass is 79.9. The molecule has 0 aliphatic rings. The molecule has 0 amide bonds.